The van der Waals surface area contributed by atoms with Crippen LogP contribution in [0.1, 0.15) is 13.8 Å². The molecule has 6 nitrogen and oxygen atoms in total. The standard InChI is InChI=1S/C14H18N4O2S2/c1-9(2)8-21-14-18-17-13(22-14)16-12(19)15-10-6-4-5-7-11(10)20-3/h4-7,9H,8H2,1-3H3,(H2,15,16,17,19). The molecule has 8 heteroatoms. The average Bonchev–Trinajstić information content (AvgIpc) is 2.93. The Hall–Kier alpha value is -1.80. The van der Waals surface area contributed by atoms with Crippen molar-refractivity contribution >= 4 is 39.9 Å². The van der Waals surface area contributed by atoms with Gasteiger partial charge in [-0.3, -0.25) is 5.32 Å². The molecule has 1 aromatic heterocycles. The Morgan fingerprint density at radius 3 is 2.82 bits per heavy atom. The molecule has 0 saturated heterocycles. The number of methoxy groups -OCH3 is 1. The first-order valence-electron chi connectivity index (χ1n) is 6.76. The number of carbonyl (C=O) groups excluding carboxylic acids is 1. The Morgan fingerprint density at radius 1 is 1.32 bits per heavy atom. The Kier molecular flexibility index (Phi) is 6.02. The van der Waals surface area contributed by atoms with Gasteiger partial charge in [0.1, 0.15) is 5.75 Å². The van der Waals surface area contributed by atoms with Gasteiger partial charge in [0, 0.05) is 5.75 Å². The molecule has 0 radical (unpaired) electrons. The molecule has 2 aromatic rings. The predicted octanol–water partition coefficient (Wildman–Crippen LogP) is 3.94. The number of para-hydroxylation sites is 2. The molecule has 118 valence electrons. The summed E-state index contributed by atoms with van der Waals surface area (Å²) < 4.78 is 6.03. The van der Waals surface area contributed by atoms with Crippen LogP contribution in [0.15, 0.2) is 28.6 Å². The van der Waals surface area contributed by atoms with Gasteiger partial charge in [-0.1, -0.05) is 49.1 Å². The molecule has 0 fully saturated rings. The highest BCUT2D eigenvalue weighted by molar-refractivity contribution is 8.01. The Labute approximate surface area is 137 Å². The number of nitrogens with one attached hydrogen (secondary N) is 2. The molecule has 1 heterocycles. The number of nitrogens with zero attached hydrogens (tertiary/aromatic N) is 2. The zero-order valence-corrected chi connectivity index (χ0v) is 14.3. The van der Waals surface area contributed by atoms with Gasteiger partial charge in [-0.25, -0.2) is 4.79 Å². The molecule has 1 aromatic carbocycles. The van der Waals surface area contributed by atoms with E-state index in [1.54, 1.807) is 31.0 Å². The zero-order valence-electron chi connectivity index (χ0n) is 12.6. The first kappa shape index (κ1) is 16.6. The van der Waals surface area contributed by atoms with Crippen LogP contribution < -0.4 is 15.4 Å². The fraction of sp³-hybridized carbons (Fsp3) is 0.357. The monoisotopic (exact) mass is 338 g/mol. The summed E-state index contributed by atoms with van der Waals surface area (Å²) in [6.07, 6.45) is 0. The van der Waals surface area contributed by atoms with Gasteiger partial charge in [0.05, 0.1) is 12.8 Å². The van der Waals surface area contributed by atoms with Crippen LogP contribution in [0, 0.1) is 5.92 Å². The third kappa shape index (κ3) is 4.88. The van der Waals surface area contributed by atoms with Crippen molar-refractivity contribution in [3.05, 3.63) is 24.3 Å². The quantitative estimate of drug-likeness (QED) is 0.616. The number of hydrogen-bond donors (Lipinski definition) is 2. The molecule has 2 amide bonds. The number of aromatic nitrogens is 2. The van der Waals surface area contributed by atoms with Gasteiger partial charge in [-0.15, -0.1) is 10.2 Å². The van der Waals surface area contributed by atoms with Crippen molar-refractivity contribution in [3.63, 3.8) is 0 Å². The number of urea groups is 1. The summed E-state index contributed by atoms with van der Waals surface area (Å²) in [4.78, 5) is 12.0. The Bertz CT molecular complexity index is 631. The number of rotatable bonds is 6. The number of benzene rings is 1. The van der Waals surface area contributed by atoms with E-state index in [1.165, 1.54) is 11.3 Å². The molecule has 0 aliphatic carbocycles. The van der Waals surface area contributed by atoms with Gasteiger partial charge in [0.25, 0.3) is 0 Å². The highest BCUT2D eigenvalue weighted by atomic mass is 32.2. The lowest BCUT2D eigenvalue weighted by Gasteiger charge is -2.09. The van der Waals surface area contributed by atoms with Gasteiger partial charge < -0.3 is 10.1 Å². The van der Waals surface area contributed by atoms with Crippen molar-refractivity contribution in [2.24, 2.45) is 5.92 Å². The fourth-order valence-corrected chi connectivity index (χ4v) is 3.28. The van der Waals surface area contributed by atoms with Crippen LogP contribution in [0.25, 0.3) is 0 Å². The van der Waals surface area contributed by atoms with E-state index in [-0.39, 0.29) is 6.03 Å². The van der Waals surface area contributed by atoms with Crippen LogP contribution in [-0.4, -0.2) is 29.1 Å². The van der Waals surface area contributed by atoms with Crippen LogP contribution in [0.3, 0.4) is 0 Å². The van der Waals surface area contributed by atoms with Gasteiger partial charge in [-0.05, 0) is 18.1 Å². The zero-order chi connectivity index (χ0) is 15.9. The van der Waals surface area contributed by atoms with E-state index in [2.05, 4.69) is 34.7 Å². The number of carbonyl (C=O) groups is 1. The van der Waals surface area contributed by atoms with Crippen molar-refractivity contribution in [1.82, 2.24) is 10.2 Å². The third-order valence-corrected chi connectivity index (χ3v) is 4.92. The summed E-state index contributed by atoms with van der Waals surface area (Å²) >= 11 is 3.00. The fourth-order valence-electron chi connectivity index (χ4n) is 1.56. The lowest BCUT2D eigenvalue weighted by atomic mass is 10.3. The molecule has 0 aliphatic rings. The third-order valence-electron chi connectivity index (χ3n) is 2.52. The van der Waals surface area contributed by atoms with Crippen molar-refractivity contribution in [2.75, 3.05) is 23.5 Å². The van der Waals surface area contributed by atoms with Crippen molar-refractivity contribution < 1.29 is 9.53 Å². The minimum absolute atomic E-state index is 0.374. The van der Waals surface area contributed by atoms with Crippen LogP contribution in [0.4, 0.5) is 15.6 Å². The Balaban J connectivity index is 1.92. The molecule has 0 atom stereocenters. The van der Waals surface area contributed by atoms with Crippen LogP contribution in [-0.2, 0) is 0 Å². The van der Waals surface area contributed by atoms with Crippen molar-refractivity contribution in [3.8, 4) is 5.75 Å². The topological polar surface area (TPSA) is 76.1 Å². The summed E-state index contributed by atoms with van der Waals surface area (Å²) in [5.41, 5.74) is 0.599. The number of ether oxygens (including phenoxy) is 1. The SMILES string of the molecule is COc1ccccc1NC(=O)Nc1nnc(SCC(C)C)s1. The van der Waals surface area contributed by atoms with Gasteiger partial charge in [0.15, 0.2) is 4.34 Å². The molecule has 2 rings (SSSR count). The lowest BCUT2D eigenvalue weighted by molar-refractivity contribution is 0.262. The molecule has 0 aliphatic heterocycles. The summed E-state index contributed by atoms with van der Waals surface area (Å²) in [6, 6.07) is 6.83. The van der Waals surface area contributed by atoms with E-state index in [0.717, 1.165) is 10.1 Å². The molecule has 0 bridgehead atoms. The molecular formula is C14H18N4O2S2. The minimum Gasteiger partial charge on any atom is -0.495 e. The number of hydrogen-bond acceptors (Lipinski definition) is 6. The van der Waals surface area contributed by atoms with Gasteiger partial charge >= 0.3 is 6.03 Å². The minimum atomic E-state index is -0.374. The smallest absolute Gasteiger partial charge is 0.325 e. The van der Waals surface area contributed by atoms with Crippen LogP contribution in [0.2, 0.25) is 0 Å². The van der Waals surface area contributed by atoms with Crippen molar-refractivity contribution in [1.29, 1.82) is 0 Å². The van der Waals surface area contributed by atoms with E-state index in [9.17, 15) is 4.79 Å². The first-order valence-corrected chi connectivity index (χ1v) is 8.56. The summed E-state index contributed by atoms with van der Waals surface area (Å²) in [5, 5.41) is 13.9. The molecular weight excluding hydrogens is 320 g/mol. The largest absolute Gasteiger partial charge is 0.495 e. The average molecular weight is 338 g/mol. The number of anilines is 2. The van der Waals surface area contributed by atoms with E-state index >= 15 is 0 Å². The number of thioether (sulfide) groups is 1. The van der Waals surface area contributed by atoms with Gasteiger partial charge in [0.2, 0.25) is 5.13 Å². The summed E-state index contributed by atoms with van der Waals surface area (Å²) in [6.45, 7) is 4.29. The molecule has 22 heavy (non-hydrogen) atoms. The van der Waals surface area contributed by atoms with E-state index in [4.69, 9.17) is 4.74 Å². The number of amides is 2. The second kappa shape index (κ2) is 8.00. The van der Waals surface area contributed by atoms with E-state index in [1.807, 2.05) is 12.1 Å². The molecule has 2 N–H and O–H groups in total. The maximum absolute atomic E-state index is 12.0. The lowest BCUT2D eigenvalue weighted by Crippen LogP contribution is -2.19. The highest BCUT2D eigenvalue weighted by Gasteiger charge is 2.11. The second-order valence-electron chi connectivity index (χ2n) is 4.86. The molecule has 0 spiro atoms. The second-order valence-corrected chi connectivity index (χ2v) is 7.10. The first-order chi connectivity index (χ1) is 10.6. The predicted molar refractivity (Wildman–Crippen MR) is 91.1 cm³/mol. The van der Waals surface area contributed by atoms with Crippen LogP contribution >= 0.6 is 23.1 Å². The van der Waals surface area contributed by atoms with E-state index < -0.39 is 0 Å². The summed E-state index contributed by atoms with van der Waals surface area (Å²) in [5.74, 6) is 2.16. The van der Waals surface area contributed by atoms with Crippen molar-refractivity contribution in [2.45, 2.75) is 18.2 Å². The van der Waals surface area contributed by atoms with Crippen LogP contribution in [0.5, 0.6) is 5.75 Å². The van der Waals surface area contributed by atoms with Gasteiger partial charge in [-0.2, -0.15) is 0 Å². The normalized spacial score (nSPS) is 10.5. The highest BCUT2D eigenvalue weighted by Crippen LogP contribution is 2.27. The Morgan fingerprint density at radius 2 is 2.09 bits per heavy atom. The molecule has 0 unspecified atom stereocenters. The maximum Gasteiger partial charge on any atom is 0.325 e. The summed E-state index contributed by atoms with van der Waals surface area (Å²) in [7, 11) is 1.56. The van der Waals surface area contributed by atoms with E-state index in [0.29, 0.717) is 22.5 Å². The molecule has 0 saturated carbocycles. The maximum atomic E-state index is 12.0.